The largest absolute Gasteiger partial charge is 0.416 e. The number of carbonyl (C=O) groups is 1. The maximum atomic E-state index is 12.8. The lowest BCUT2D eigenvalue weighted by Gasteiger charge is -2.34. The van der Waals surface area contributed by atoms with Gasteiger partial charge < -0.3 is 4.90 Å². The van der Waals surface area contributed by atoms with Crippen LogP contribution in [0.25, 0.3) is 0 Å². The predicted molar refractivity (Wildman–Crippen MR) is 90.5 cm³/mol. The van der Waals surface area contributed by atoms with Crippen LogP contribution in [-0.4, -0.2) is 51.7 Å². The summed E-state index contributed by atoms with van der Waals surface area (Å²) in [6.07, 6.45) is -2.56. The molecule has 0 saturated carbocycles. The fraction of sp³-hybridized carbons (Fsp3) is 0.444. The van der Waals surface area contributed by atoms with Gasteiger partial charge in [-0.05, 0) is 24.6 Å². The second kappa shape index (κ2) is 7.49. The molecule has 140 valence electrons. The van der Waals surface area contributed by atoms with Crippen LogP contribution >= 0.6 is 0 Å². The highest BCUT2D eigenvalue weighted by molar-refractivity contribution is 5.92. The van der Waals surface area contributed by atoms with Crippen molar-refractivity contribution in [2.24, 2.45) is 0 Å². The molecule has 1 saturated heterocycles. The molecule has 0 spiro atoms. The summed E-state index contributed by atoms with van der Waals surface area (Å²) in [7, 11) is 0. The molecule has 1 aliphatic heterocycles. The van der Waals surface area contributed by atoms with Gasteiger partial charge in [0.2, 0.25) is 0 Å². The summed E-state index contributed by atoms with van der Waals surface area (Å²) in [5, 5.41) is 4.23. The highest BCUT2D eigenvalue weighted by Crippen LogP contribution is 2.29. The third kappa shape index (κ3) is 4.24. The number of carbonyl (C=O) groups excluding carboxylic acids is 1. The highest BCUT2D eigenvalue weighted by Gasteiger charge is 2.30. The van der Waals surface area contributed by atoms with E-state index in [1.165, 1.54) is 12.1 Å². The van der Waals surface area contributed by atoms with E-state index < -0.39 is 11.7 Å². The van der Waals surface area contributed by atoms with E-state index in [-0.39, 0.29) is 5.91 Å². The normalized spacial score (nSPS) is 16.1. The molecule has 5 nitrogen and oxygen atoms in total. The van der Waals surface area contributed by atoms with Crippen molar-refractivity contribution in [1.29, 1.82) is 0 Å². The zero-order valence-electron chi connectivity index (χ0n) is 14.5. The first-order valence-electron chi connectivity index (χ1n) is 8.58. The topological polar surface area (TPSA) is 41.4 Å². The molecule has 2 heterocycles. The Balaban J connectivity index is 1.56. The number of rotatable bonds is 4. The first-order chi connectivity index (χ1) is 12.4. The molecule has 3 rings (SSSR count). The molecule has 0 radical (unpaired) electrons. The number of amides is 1. The molecular formula is C18H21F3N4O. The number of halogens is 3. The summed E-state index contributed by atoms with van der Waals surface area (Å²) in [6.45, 7) is 5.42. The van der Waals surface area contributed by atoms with E-state index in [9.17, 15) is 18.0 Å². The van der Waals surface area contributed by atoms with Crippen molar-refractivity contribution in [2.75, 3.05) is 26.2 Å². The van der Waals surface area contributed by atoms with Crippen LogP contribution in [0.15, 0.2) is 36.5 Å². The molecule has 0 aliphatic carbocycles. The number of nitrogens with zero attached hydrogens (tertiary/aromatic N) is 4. The Kier molecular flexibility index (Phi) is 5.31. The standard InChI is InChI=1S/C18H21F3N4O/c1-2-25-7-6-16(22-25)17(26)24-10-8-23(9-11-24)13-14-4-3-5-15(12-14)18(19,20)21/h3-7,12H,2,8-11,13H2,1H3. The van der Waals surface area contributed by atoms with Crippen molar-refractivity contribution in [3.8, 4) is 0 Å². The molecule has 1 amide bonds. The van der Waals surface area contributed by atoms with Gasteiger partial charge in [-0.2, -0.15) is 18.3 Å². The van der Waals surface area contributed by atoms with Gasteiger partial charge in [-0.3, -0.25) is 14.4 Å². The molecule has 8 heteroatoms. The van der Waals surface area contributed by atoms with E-state index in [0.717, 1.165) is 6.07 Å². The van der Waals surface area contributed by atoms with Gasteiger partial charge in [-0.15, -0.1) is 0 Å². The smallest absolute Gasteiger partial charge is 0.335 e. The van der Waals surface area contributed by atoms with Gasteiger partial charge in [0.25, 0.3) is 5.91 Å². The van der Waals surface area contributed by atoms with Crippen LogP contribution in [-0.2, 0) is 19.3 Å². The van der Waals surface area contributed by atoms with Gasteiger partial charge >= 0.3 is 6.18 Å². The van der Waals surface area contributed by atoms with Crippen molar-refractivity contribution in [2.45, 2.75) is 26.2 Å². The number of hydrogen-bond acceptors (Lipinski definition) is 3. The van der Waals surface area contributed by atoms with E-state index in [0.29, 0.717) is 50.5 Å². The van der Waals surface area contributed by atoms with E-state index >= 15 is 0 Å². The Bertz CT molecular complexity index is 764. The van der Waals surface area contributed by atoms with Crippen LogP contribution in [0.5, 0.6) is 0 Å². The first-order valence-corrected chi connectivity index (χ1v) is 8.58. The number of aryl methyl sites for hydroxylation is 1. The van der Waals surface area contributed by atoms with Gasteiger partial charge in [0.15, 0.2) is 0 Å². The Morgan fingerprint density at radius 3 is 2.50 bits per heavy atom. The monoisotopic (exact) mass is 366 g/mol. The minimum Gasteiger partial charge on any atom is -0.335 e. The van der Waals surface area contributed by atoms with Crippen molar-refractivity contribution in [1.82, 2.24) is 19.6 Å². The summed E-state index contributed by atoms with van der Waals surface area (Å²) in [6, 6.07) is 7.11. The van der Waals surface area contributed by atoms with E-state index in [1.54, 1.807) is 27.9 Å². The molecule has 26 heavy (non-hydrogen) atoms. The number of hydrogen-bond donors (Lipinski definition) is 0. The molecule has 0 bridgehead atoms. The second-order valence-corrected chi connectivity index (χ2v) is 6.32. The van der Waals surface area contributed by atoms with Gasteiger partial charge in [0.05, 0.1) is 5.56 Å². The average molecular weight is 366 g/mol. The molecule has 0 atom stereocenters. The van der Waals surface area contributed by atoms with E-state index in [1.807, 2.05) is 6.92 Å². The molecule has 0 unspecified atom stereocenters. The van der Waals surface area contributed by atoms with Gasteiger partial charge in [-0.1, -0.05) is 18.2 Å². The Morgan fingerprint density at radius 2 is 1.88 bits per heavy atom. The van der Waals surface area contributed by atoms with Crippen molar-refractivity contribution in [3.05, 3.63) is 53.3 Å². The summed E-state index contributed by atoms with van der Waals surface area (Å²) in [5.41, 5.74) is 0.426. The fourth-order valence-electron chi connectivity index (χ4n) is 3.03. The van der Waals surface area contributed by atoms with Gasteiger partial charge in [0.1, 0.15) is 5.69 Å². The molecule has 1 aromatic heterocycles. The first kappa shape index (κ1) is 18.4. The molecular weight excluding hydrogens is 345 g/mol. The third-order valence-electron chi connectivity index (χ3n) is 4.50. The lowest BCUT2D eigenvalue weighted by Crippen LogP contribution is -2.48. The van der Waals surface area contributed by atoms with Crippen LogP contribution in [0, 0.1) is 0 Å². The quantitative estimate of drug-likeness (QED) is 0.836. The Morgan fingerprint density at radius 1 is 1.15 bits per heavy atom. The van der Waals surface area contributed by atoms with Crippen LogP contribution in [0.3, 0.4) is 0 Å². The molecule has 0 N–H and O–H groups in total. The predicted octanol–water partition coefficient (Wildman–Crippen LogP) is 2.88. The van der Waals surface area contributed by atoms with E-state index in [4.69, 9.17) is 0 Å². The number of piperazine rings is 1. The maximum Gasteiger partial charge on any atom is 0.416 e. The van der Waals surface area contributed by atoms with Gasteiger partial charge in [0, 0.05) is 45.5 Å². The minimum absolute atomic E-state index is 0.101. The summed E-state index contributed by atoms with van der Waals surface area (Å²) in [4.78, 5) is 16.3. The summed E-state index contributed by atoms with van der Waals surface area (Å²) in [5.74, 6) is -0.101. The maximum absolute atomic E-state index is 12.8. The molecule has 2 aromatic rings. The SMILES string of the molecule is CCn1ccc(C(=O)N2CCN(Cc3cccc(C(F)(F)F)c3)CC2)n1. The van der Waals surface area contributed by atoms with Crippen molar-refractivity contribution in [3.63, 3.8) is 0 Å². The van der Waals surface area contributed by atoms with Crippen LogP contribution < -0.4 is 0 Å². The third-order valence-corrected chi connectivity index (χ3v) is 4.50. The molecule has 1 fully saturated rings. The fourth-order valence-corrected chi connectivity index (χ4v) is 3.03. The average Bonchev–Trinajstić information content (AvgIpc) is 3.10. The summed E-state index contributed by atoms with van der Waals surface area (Å²) < 4.78 is 40.1. The lowest BCUT2D eigenvalue weighted by molar-refractivity contribution is -0.137. The number of alkyl halides is 3. The lowest BCUT2D eigenvalue weighted by atomic mass is 10.1. The Hall–Kier alpha value is -2.35. The number of benzene rings is 1. The zero-order chi connectivity index (χ0) is 18.7. The minimum atomic E-state index is -4.33. The van der Waals surface area contributed by atoms with Crippen LogP contribution in [0.4, 0.5) is 13.2 Å². The Labute approximate surface area is 150 Å². The van der Waals surface area contributed by atoms with Crippen molar-refractivity contribution < 1.29 is 18.0 Å². The zero-order valence-corrected chi connectivity index (χ0v) is 14.5. The van der Waals surface area contributed by atoms with Crippen molar-refractivity contribution >= 4 is 5.91 Å². The molecule has 1 aromatic carbocycles. The second-order valence-electron chi connectivity index (χ2n) is 6.32. The highest BCUT2D eigenvalue weighted by atomic mass is 19.4. The summed E-state index contributed by atoms with van der Waals surface area (Å²) >= 11 is 0. The van der Waals surface area contributed by atoms with Gasteiger partial charge in [-0.25, -0.2) is 0 Å². The number of aromatic nitrogens is 2. The van der Waals surface area contributed by atoms with E-state index in [2.05, 4.69) is 10.00 Å². The van der Waals surface area contributed by atoms with Crippen LogP contribution in [0.2, 0.25) is 0 Å². The molecule has 1 aliphatic rings. The van der Waals surface area contributed by atoms with Crippen LogP contribution in [0.1, 0.15) is 28.5 Å².